The molecule has 0 saturated carbocycles. The van der Waals surface area contributed by atoms with Crippen molar-refractivity contribution in [2.24, 2.45) is 0 Å². The molecule has 5 nitrogen and oxygen atoms in total. The highest BCUT2D eigenvalue weighted by molar-refractivity contribution is 7.99. The van der Waals surface area contributed by atoms with Crippen LogP contribution < -0.4 is 4.74 Å². The predicted octanol–water partition coefficient (Wildman–Crippen LogP) is 3.50. The van der Waals surface area contributed by atoms with Crippen LogP contribution in [0.1, 0.15) is 16.2 Å². The van der Waals surface area contributed by atoms with Gasteiger partial charge in [0.15, 0.2) is 23.2 Å². The van der Waals surface area contributed by atoms with Crippen LogP contribution in [0, 0.1) is 5.82 Å². The molecule has 0 saturated heterocycles. The van der Waals surface area contributed by atoms with Crippen LogP contribution >= 0.6 is 11.8 Å². The lowest BCUT2D eigenvalue weighted by Crippen LogP contribution is -2.02. The van der Waals surface area contributed by atoms with E-state index in [-0.39, 0.29) is 23.9 Å². The number of hydrogen-bond acceptors (Lipinski definition) is 5. The van der Waals surface area contributed by atoms with E-state index >= 15 is 0 Å². The Morgan fingerprint density at radius 1 is 1.12 bits per heavy atom. The Balaban J connectivity index is 1.52. The Morgan fingerprint density at radius 3 is 2.67 bits per heavy atom. The quantitative estimate of drug-likeness (QED) is 0.525. The molecular weight excluding hydrogens is 329 g/mol. The Labute approximate surface area is 142 Å². The van der Waals surface area contributed by atoms with Gasteiger partial charge in [0.1, 0.15) is 6.61 Å². The van der Waals surface area contributed by atoms with E-state index in [1.807, 2.05) is 18.2 Å². The molecule has 0 unspecified atom stereocenters. The minimum atomic E-state index is -0.430. The number of rotatable bonds is 7. The van der Waals surface area contributed by atoms with Gasteiger partial charge in [-0.3, -0.25) is 9.89 Å². The molecule has 0 aliphatic carbocycles. The van der Waals surface area contributed by atoms with Crippen LogP contribution in [0.5, 0.6) is 5.75 Å². The van der Waals surface area contributed by atoms with Crippen LogP contribution in [0.4, 0.5) is 4.39 Å². The van der Waals surface area contributed by atoms with Gasteiger partial charge < -0.3 is 4.74 Å². The van der Waals surface area contributed by atoms with E-state index in [1.165, 1.54) is 17.8 Å². The molecule has 24 heavy (non-hydrogen) atoms. The van der Waals surface area contributed by atoms with Crippen molar-refractivity contribution in [3.8, 4) is 5.75 Å². The van der Waals surface area contributed by atoms with Crippen molar-refractivity contribution < 1.29 is 13.9 Å². The maximum absolute atomic E-state index is 13.5. The zero-order chi connectivity index (χ0) is 16.8. The van der Waals surface area contributed by atoms with Crippen LogP contribution in [0.25, 0.3) is 0 Å². The zero-order valence-corrected chi connectivity index (χ0v) is 13.4. The van der Waals surface area contributed by atoms with Crippen molar-refractivity contribution in [1.29, 1.82) is 0 Å². The average molecular weight is 343 g/mol. The molecule has 3 aromatic rings. The molecule has 0 spiro atoms. The molecule has 1 N–H and O–H groups in total. The van der Waals surface area contributed by atoms with Crippen molar-refractivity contribution in [3.63, 3.8) is 0 Å². The van der Waals surface area contributed by atoms with Gasteiger partial charge >= 0.3 is 0 Å². The number of ether oxygens (including phenoxy) is 1. The number of hydrogen-bond donors (Lipinski definition) is 1. The van der Waals surface area contributed by atoms with E-state index in [0.29, 0.717) is 16.5 Å². The van der Waals surface area contributed by atoms with Gasteiger partial charge in [0, 0.05) is 5.56 Å². The highest BCUT2D eigenvalue weighted by Crippen LogP contribution is 2.18. The summed E-state index contributed by atoms with van der Waals surface area (Å²) in [5, 5.41) is 7.19. The third-order valence-electron chi connectivity index (χ3n) is 3.14. The average Bonchev–Trinajstić information content (AvgIpc) is 3.08. The molecule has 1 aromatic heterocycles. The Hall–Kier alpha value is -2.67. The van der Waals surface area contributed by atoms with Crippen molar-refractivity contribution in [2.75, 3.05) is 5.75 Å². The highest BCUT2D eigenvalue weighted by atomic mass is 32.2. The molecule has 0 bridgehead atoms. The van der Waals surface area contributed by atoms with Crippen LogP contribution in [0.15, 0.2) is 59.8 Å². The number of ketones is 1. The molecule has 0 radical (unpaired) electrons. The van der Waals surface area contributed by atoms with Crippen molar-refractivity contribution >= 4 is 17.5 Å². The van der Waals surface area contributed by atoms with Crippen molar-refractivity contribution in [3.05, 3.63) is 71.8 Å². The first-order chi connectivity index (χ1) is 11.7. The summed E-state index contributed by atoms with van der Waals surface area (Å²) in [4.78, 5) is 16.2. The number of halogens is 1. The van der Waals surface area contributed by atoms with Gasteiger partial charge in [0.2, 0.25) is 5.16 Å². The topological polar surface area (TPSA) is 67.9 Å². The monoisotopic (exact) mass is 343 g/mol. The first-order valence-electron chi connectivity index (χ1n) is 7.22. The zero-order valence-electron chi connectivity index (χ0n) is 12.6. The first kappa shape index (κ1) is 16.2. The number of H-pyrrole nitrogens is 1. The lowest BCUT2D eigenvalue weighted by molar-refractivity contribution is 0.102. The molecule has 0 aliphatic heterocycles. The number of nitrogens with zero attached hydrogens (tertiary/aromatic N) is 2. The van der Waals surface area contributed by atoms with Crippen molar-refractivity contribution in [2.45, 2.75) is 11.8 Å². The Kier molecular flexibility index (Phi) is 5.22. The normalized spacial score (nSPS) is 10.5. The minimum Gasteiger partial charge on any atom is -0.483 e. The molecule has 1 heterocycles. The number of Topliss-reactive ketones (excluding diaryl/α,β-unsaturated/α-hetero) is 1. The maximum Gasteiger partial charge on any atom is 0.208 e. The summed E-state index contributed by atoms with van der Waals surface area (Å²) in [6, 6.07) is 15.2. The maximum atomic E-state index is 13.5. The largest absolute Gasteiger partial charge is 0.483 e. The third-order valence-corrected chi connectivity index (χ3v) is 3.99. The van der Waals surface area contributed by atoms with E-state index < -0.39 is 5.82 Å². The summed E-state index contributed by atoms with van der Waals surface area (Å²) in [5.41, 5.74) is 0.656. The lowest BCUT2D eigenvalue weighted by atomic mass is 10.2. The van der Waals surface area contributed by atoms with E-state index in [4.69, 9.17) is 4.74 Å². The van der Waals surface area contributed by atoms with Crippen LogP contribution in [0.3, 0.4) is 0 Å². The van der Waals surface area contributed by atoms with E-state index in [2.05, 4.69) is 15.2 Å². The molecule has 0 fully saturated rings. The summed E-state index contributed by atoms with van der Waals surface area (Å²) in [6.07, 6.45) is 0. The van der Waals surface area contributed by atoms with E-state index in [1.54, 1.807) is 30.3 Å². The summed E-state index contributed by atoms with van der Waals surface area (Å²) in [6.45, 7) is 0.0706. The SMILES string of the molecule is O=C(CSc1n[nH]c(COc2ccccc2F)n1)c1ccccc1. The molecular formula is C17H14FN3O2S. The number of para-hydroxylation sites is 1. The fourth-order valence-corrected chi connectivity index (χ4v) is 2.66. The smallest absolute Gasteiger partial charge is 0.208 e. The van der Waals surface area contributed by atoms with Crippen LogP contribution in [-0.4, -0.2) is 26.7 Å². The molecule has 0 amide bonds. The standard InChI is InChI=1S/C17H14FN3O2S/c18-13-8-4-5-9-15(13)23-10-16-19-17(21-20-16)24-11-14(22)12-6-2-1-3-7-12/h1-9H,10-11H2,(H,19,20,21). The van der Waals surface area contributed by atoms with Crippen LogP contribution in [0.2, 0.25) is 0 Å². The van der Waals surface area contributed by atoms with Gasteiger partial charge in [0.25, 0.3) is 0 Å². The van der Waals surface area contributed by atoms with E-state index in [0.717, 1.165) is 0 Å². The summed E-state index contributed by atoms with van der Waals surface area (Å²) in [5.74, 6) is 0.444. The fourth-order valence-electron chi connectivity index (χ4n) is 1.95. The summed E-state index contributed by atoms with van der Waals surface area (Å²) >= 11 is 1.24. The van der Waals surface area contributed by atoms with E-state index in [9.17, 15) is 9.18 Å². The first-order valence-corrected chi connectivity index (χ1v) is 8.20. The highest BCUT2D eigenvalue weighted by Gasteiger charge is 2.10. The summed E-state index contributed by atoms with van der Waals surface area (Å²) < 4.78 is 18.8. The Morgan fingerprint density at radius 2 is 1.88 bits per heavy atom. The second kappa shape index (κ2) is 7.74. The number of thioether (sulfide) groups is 1. The number of aromatic amines is 1. The predicted molar refractivity (Wildman–Crippen MR) is 88.6 cm³/mol. The van der Waals surface area contributed by atoms with Gasteiger partial charge in [-0.25, -0.2) is 9.37 Å². The second-order valence-electron chi connectivity index (χ2n) is 4.86. The second-order valence-corrected chi connectivity index (χ2v) is 5.80. The van der Waals surface area contributed by atoms with Gasteiger partial charge in [-0.15, -0.1) is 5.10 Å². The minimum absolute atomic E-state index is 0.00885. The molecule has 3 rings (SSSR count). The fraction of sp³-hybridized carbons (Fsp3) is 0.118. The molecule has 0 aliphatic rings. The van der Waals surface area contributed by atoms with Crippen molar-refractivity contribution in [1.82, 2.24) is 15.2 Å². The molecule has 0 atom stereocenters. The number of benzene rings is 2. The molecule has 7 heteroatoms. The number of carbonyl (C=O) groups excluding carboxylic acids is 1. The summed E-state index contributed by atoms with van der Waals surface area (Å²) in [7, 11) is 0. The number of aromatic nitrogens is 3. The molecule has 2 aromatic carbocycles. The third kappa shape index (κ3) is 4.20. The Bertz CT molecular complexity index is 823. The lowest BCUT2D eigenvalue weighted by Gasteiger charge is -2.03. The van der Waals surface area contributed by atoms with Gasteiger partial charge in [0.05, 0.1) is 5.75 Å². The van der Waals surface area contributed by atoms with Gasteiger partial charge in [-0.1, -0.05) is 54.2 Å². The van der Waals surface area contributed by atoms with Gasteiger partial charge in [-0.05, 0) is 12.1 Å². The van der Waals surface area contributed by atoms with Crippen LogP contribution in [-0.2, 0) is 6.61 Å². The number of nitrogens with one attached hydrogen (secondary N) is 1. The molecule has 122 valence electrons. The number of carbonyl (C=O) groups is 1. The van der Waals surface area contributed by atoms with Gasteiger partial charge in [-0.2, -0.15) is 0 Å².